The third-order valence-electron chi connectivity index (χ3n) is 2.63. The molecule has 2 rings (SSSR count). The lowest BCUT2D eigenvalue weighted by molar-refractivity contribution is 0.0993. The number of carbonyl (C=O) groups excluding carboxylic acids is 1. The molecule has 92 valence electrons. The van der Waals surface area contributed by atoms with Crippen molar-refractivity contribution in [2.24, 2.45) is 0 Å². The van der Waals surface area contributed by atoms with E-state index in [0.717, 1.165) is 5.56 Å². The van der Waals surface area contributed by atoms with Crippen LogP contribution >= 0.6 is 11.6 Å². The number of anilines is 1. The Hall–Kier alpha value is -1.87. The SMILES string of the molecule is Nc1c(F)cccc1C(=O)Cc1ccc(Cl)cc1. The number of benzene rings is 2. The quantitative estimate of drug-likeness (QED) is 0.680. The van der Waals surface area contributed by atoms with E-state index in [1.807, 2.05) is 0 Å². The predicted octanol–water partition coefficient (Wildman–Crippen LogP) is 3.49. The summed E-state index contributed by atoms with van der Waals surface area (Å²) in [6, 6.07) is 11.2. The lowest BCUT2D eigenvalue weighted by Gasteiger charge is -2.05. The van der Waals surface area contributed by atoms with E-state index in [2.05, 4.69) is 0 Å². The summed E-state index contributed by atoms with van der Waals surface area (Å²) in [4.78, 5) is 12.0. The molecule has 2 nitrogen and oxygen atoms in total. The first-order chi connectivity index (χ1) is 8.58. The fourth-order valence-corrected chi connectivity index (χ4v) is 1.79. The van der Waals surface area contributed by atoms with Crippen LogP contribution in [0.15, 0.2) is 42.5 Å². The summed E-state index contributed by atoms with van der Waals surface area (Å²) in [5.41, 5.74) is 6.47. The molecule has 0 aromatic heterocycles. The van der Waals surface area contributed by atoms with Crippen LogP contribution in [0.1, 0.15) is 15.9 Å². The summed E-state index contributed by atoms with van der Waals surface area (Å²) >= 11 is 5.76. The molecule has 0 aliphatic carbocycles. The van der Waals surface area contributed by atoms with Crippen LogP contribution in [0.4, 0.5) is 10.1 Å². The maximum Gasteiger partial charge on any atom is 0.169 e. The molecule has 0 aliphatic heterocycles. The van der Waals surface area contributed by atoms with E-state index >= 15 is 0 Å². The van der Waals surface area contributed by atoms with Gasteiger partial charge in [0.1, 0.15) is 5.82 Å². The van der Waals surface area contributed by atoms with Crippen LogP contribution in [0.2, 0.25) is 5.02 Å². The molecule has 0 unspecified atom stereocenters. The standard InChI is InChI=1S/C14H11ClFNO/c15-10-6-4-9(5-7-10)8-13(18)11-2-1-3-12(16)14(11)17/h1-7H,8,17H2. The number of nitrogen functional groups attached to an aromatic ring is 1. The van der Waals surface area contributed by atoms with Crippen LogP contribution < -0.4 is 5.73 Å². The van der Waals surface area contributed by atoms with Gasteiger partial charge in [-0.05, 0) is 29.8 Å². The van der Waals surface area contributed by atoms with Gasteiger partial charge >= 0.3 is 0 Å². The van der Waals surface area contributed by atoms with Crippen molar-refractivity contribution in [2.75, 3.05) is 5.73 Å². The van der Waals surface area contributed by atoms with Gasteiger partial charge in [-0.15, -0.1) is 0 Å². The van der Waals surface area contributed by atoms with Crippen molar-refractivity contribution in [1.82, 2.24) is 0 Å². The Balaban J connectivity index is 2.22. The van der Waals surface area contributed by atoms with Gasteiger partial charge in [0.05, 0.1) is 5.69 Å². The van der Waals surface area contributed by atoms with E-state index < -0.39 is 5.82 Å². The first-order valence-electron chi connectivity index (χ1n) is 5.39. The molecule has 0 spiro atoms. The minimum absolute atomic E-state index is 0.100. The second-order valence-electron chi connectivity index (χ2n) is 3.93. The second-order valence-corrected chi connectivity index (χ2v) is 4.36. The number of hydrogen-bond acceptors (Lipinski definition) is 2. The maximum absolute atomic E-state index is 13.2. The molecule has 2 aromatic carbocycles. The Bertz CT molecular complexity index is 581. The van der Waals surface area contributed by atoms with Gasteiger partial charge in [0.25, 0.3) is 0 Å². The van der Waals surface area contributed by atoms with E-state index in [0.29, 0.717) is 5.02 Å². The van der Waals surface area contributed by atoms with Crippen molar-refractivity contribution >= 4 is 23.1 Å². The molecular formula is C14H11ClFNO. The zero-order valence-electron chi connectivity index (χ0n) is 9.49. The highest BCUT2D eigenvalue weighted by Crippen LogP contribution is 2.18. The molecule has 0 heterocycles. The van der Waals surface area contributed by atoms with Crippen molar-refractivity contribution in [3.8, 4) is 0 Å². The number of para-hydroxylation sites is 1. The lowest BCUT2D eigenvalue weighted by Crippen LogP contribution is -2.08. The summed E-state index contributed by atoms with van der Waals surface area (Å²) in [5.74, 6) is -0.786. The van der Waals surface area contributed by atoms with Gasteiger partial charge < -0.3 is 5.73 Å². The lowest BCUT2D eigenvalue weighted by atomic mass is 10.0. The fraction of sp³-hybridized carbons (Fsp3) is 0.0714. The summed E-state index contributed by atoms with van der Waals surface area (Å²) in [6.07, 6.45) is 0.171. The first-order valence-corrected chi connectivity index (χ1v) is 5.77. The molecule has 0 radical (unpaired) electrons. The number of nitrogens with two attached hydrogens (primary N) is 1. The number of Topliss-reactive ketones (excluding diaryl/α,β-unsaturated/α-hetero) is 1. The Labute approximate surface area is 109 Å². The monoisotopic (exact) mass is 263 g/mol. The van der Waals surface area contributed by atoms with E-state index in [-0.39, 0.29) is 23.5 Å². The average Bonchev–Trinajstić information content (AvgIpc) is 2.35. The van der Waals surface area contributed by atoms with Crippen LogP contribution in [-0.4, -0.2) is 5.78 Å². The molecular weight excluding hydrogens is 253 g/mol. The second kappa shape index (κ2) is 5.19. The molecule has 0 amide bonds. The van der Waals surface area contributed by atoms with Crippen LogP contribution in [0.25, 0.3) is 0 Å². The van der Waals surface area contributed by atoms with Gasteiger partial charge in [-0.2, -0.15) is 0 Å². The molecule has 0 aliphatic rings. The molecule has 0 fully saturated rings. The molecule has 0 bridgehead atoms. The first kappa shape index (κ1) is 12.6. The van der Waals surface area contributed by atoms with Gasteiger partial charge in [0.2, 0.25) is 0 Å². The highest BCUT2D eigenvalue weighted by Gasteiger charge is 2.12. The van der Waals surface area contributed by atoms with E-state index in [1.54, 1.807) is 24.3 Å². The summed E-state index contributed by atoms with van der Waals surface area (Å²) in [5, 5.41) is 0.608. The smallest absolute Gasteiger partial charge is 0.169 e. The van der Waals surface area contributed by atoms with Crippen molar-refractivity contribution < 1.29 is 9.18 Å². The van der Waals surface area contributed by atoms with Crippen molar-refractivity contribution in [1.29, 1.82) is 0 Å². The Morgan fingerprint density at radius 2 is 1.83 bits per heavy atom. The Morgan fingerprint density at radius 3 is 2.50 bits per heavy atom. The normalized spacial score (nSPS) is 10.3. The predicted molar refractivity (Wildman–Crippen MR) is 70.3 cm³/mol. The van der Waals surface area contributed by atoms with Gasteiger partial charge in [0.15, 0.2) is 5.78 Å². The average molecular weight is 264 g/mol. The van der Waals surface area contributed by atoms with Crippen LogP contribution in [0.5, 0.6) is 0 Å². The number of carbonyl (C=O) groups is 1. The number of rotatable bonds is 3. The van der Waals surface area contributed by atoms with Gasteiger partial charge in [-0.1, -0.05) is 29.8 Å². The zero-order chi connectivity index (χ0) is 13.1. The minimum Gasteiger partial charge on any atom is -0.396 e. The zero-order valence-corrected chi connectivity index (χ0v) is 10.2. The highest BCUT2D eigenvalue weighted by molar-refractivity contribution is 6.30. The molecule has 4 heteroatoms. The van der Waals surface area contributed by atoms with Crippen molar-refractivity contribution in [3.05, 3.63) is 64.4 Å². The number of halogens is 2. The molecule has 2 N–H and O–H groups in total. The summed E-state index contributed by atoms with van der Waals surface area (Å²) in [6.45, 7) is 0. The topological polar surface area (TPSA) is 43.1 Å². The Kier molecular flexibility index (Phi) is 3.63. The third kappa shape index (κ3) is 2.68. The molecule has 2 aromatic rings. The van der Waals surface area contributed by atoms with E-state index in [4.69, 9.17) is 17.3 Å². The largest absolute Gasteiger partial charge is 0.396 e. The highest BCUT2D eigenvalue weighted by atomic mass is 35.5. The van der Waals surface area contributed by atoms with Crippen molar-refractivity contribution in [2.45, 2.75) is 6.42 Å². The number of hydrogen-bond donors (Lipinski definition) is 1. The molecule has 0 saturated carbocycles. The van der Waals surface area contributed by atoms with Crippen LogP contribution in [-0.2, 0) is 6.42 Å². The van der Waals surface area contributed by atoms with E-state index in [9.17, 15) is 9.18 Å². The maximum atomic E-state index is 13.2. The molecule has 18 heavy (non-hydrogen) atoms. The fourth-order valence-electron chi connectivity index (χ4n) is 1.66. The van der Waals surface area contributed by atoms with Gasteiger partial charge in [-0.3, -0.25) is 4.79 Å². The Morgan fingerprint density at radius 1 is 1.17 bits per heavy atom. The molecule has 0 saturated heterocycles. The van der Waals surface area contributed by atoms with Crippen molar-refractivity contribution in [3.63, 3.8) is 0 Å². The summed E-state index contributed by atoms with van der Waals surface area (Å²) in [7, 11) is 0. The minimum atomic E-state index is -0.572. The van der Waals surface area contributed by atoms with E-state index in [1.165, 1.54) is 18.2 Å². The summed E-state index contributed by atoms with van der Waals surface area (Å²) < 4.78 is 13.2. The van der Waals surface area contributed by atoms with Crippen LogP contribution in [0.3, 0.4) is 0 Å². The third-order valence-corrected chi connectivity index (χ3v) is 2.88. The molecule has 0 atom stereocenters. The number of ketones is 1. The van der Waals surface area contributed by atoms with Crippen LogP contribution in [0, 0.1) is 5.82 Å². The van der Waals surface area contributed by atoms with Gasteiger partial charge in [-0.25, -0.2) is 4.39 Å². The van der Waals surface area contributed by atoms with Gasteiger partial charge in [0, 0.05) is 17.0 Å².